The molecule has 122 valence electrons. The highest BCUT2D eigenvalue weighted by Gasteiger charge is 2.51. The molecule has 0 unspecified atom stereocenters. The quantitative estimate of drug-likeness (QED) is 0.794. The lowest BCUT2D eigenvalue weighted by Gasteiger charge is -2.32. The third-order valence-corrected chi connectivity index (χ3v) is 5.39. The average molecular weight is 324 g/mol. The molecular formula is C16H25BO4S. The van der Waals surface area contributed by atoms with Crippen LogP contribution < -0.4 is 5.46 Å². The lowest BCUT2D eigenvalue weighted by atomic mass is 9.77. The van der Waals surface area contributed by atoms with Gasteiger partial charge in [-0.1, -0.05) is 23.8 Å². The van der Waals surface area contributed by atoms with Gasteiger partial charge in [0.05, 0.1) is 17.0 Å². The van der Waals surface area contributed by atoms with E-state index >= 15 is 0 Å². The van der Waals surface area contributed by atoms with Gasteiger partial charge in [0.25, 0.3) is 0 Å². The van der Waals surface area contributed by atoms with Crippen LogP contribution in [0.25, 0.3) is 0 Å². The topological polar surface area (TPSA) is 52.6 Å². The summed E-state index contributed by atoms with van der Waals surface area (Å²) in [6.45, 7) is 10.1. The normalized spacial score (nSPS) is 20.4. The van der Waals surface area contributed by atoms with Crippen LogP contribution in [0.5, 0.6) is 0 Å². The first-order valence-electron chi connectivity index (χ1n) is 7.53. The molecule has 1 aromatic rings. The van der Waals surface area contributed by atoms with E-state index in [1.54, 1.807) is 0 Å². The minimum atomic E-state index is -2.97. The Balaban J connectivity index is 2.24. The zero-order chi connectivity index (χ0) is 16.8. The van der Waals surface area contributed by atoms with E-state index in [-0.39, 0.29) is 17.0 Å². The van der Waals surface area contributed by atoms with E-state index in [2.05, 4.69) is 0 Å². The molecule has 0 spiro atoms. The Morgan fingerprint density at radius 1 is 1.05 bits per heavy atom. The van der Waals surface area contributed by atoms with Crippen molar-refractivity contribution in [3.63, 3.8) is 0 Å². The molecule has 22 heavy (non-hydrogen) atoms. The van der Waals surface area contributed by atoms with E-state index in [4.69, 9.17) is 9.31 Å². The standard InChI is InChI=1S/C16H25BO4S/c1-12-9-13(7-8-22(6,18)19)11-14(10-12)17-20-15(2,3)16(4,5)21-17/h9-11H,7-8H2,1-6H3. The van der Waals surface area contributed by atoms with Crippen molar-refractivity contribution in [1.82, 2.24) is 0 Å². The van der Waals surface area contributed by atoms with E-state index in [1.807, 2.05) is 52.8 Å². The number of rotatable bonds is 4. The maximum atomic E-state index is 11.4. The van der Waals surface area contributed by atoms with Gasteiger partial charge in [-0.05, 0) is 52.1 Å². The predicted octanol–water partition coefficient (Wildman–Crippen LogP) is 1.88. The average Bonchev–Trinajstić information content (AvgIpc) is 2.55. The molecule has 0 aliphatic carbocycles. The van der Waals surface area contributed by atoms with Crippen molar-refractivity contribution in [1.29, 1.82) is 0 Å². The first kappa shape index (κ1) is 17.5. The molecule has 0 bridgehead atoms. The van der Waals surface area contributed by atoms with E-state index < -0.39 is 17.0 Å². The van der Waals surface area contributed by atoms with Gasteiger partial charge in [-0.2, -0.15) is 0 Å². The number of benzene rings is 1. The molecule has 0 radical (unpaired) electrons. The molecular weight excluding hydrogens is 299 g/mol. The molecule has 4 nitrogen and oxygen atoms in total. The summed E-state index contributed by atoms with van der Waals surface area (Å²) < 4.78 is 34.8. The summed E-state index contributed by atoms with van der Waals surface area (Å²) in [5, 5.41) is 0. The highest BCUT2D eigenvalue weighted by molar-refractivity contribution is 7.90. The van der Waals surface area contributed by atoms with Crippen molar-refractivity contribution in [2.75, 3.05) is 12.0 Å². The lowest BCUT2D eigenvalue weighted by molar-refractivity contribution is 0.00578. The minimum Gasteiger partial charge on any atom is -0.399 e. The Kier molecular flexibility index (Phi) is 4.50. The summed E-state index contributed by atoms with van der Waals surface area (Å²) >= 11 is 0. The molecule has 1 fully saturated rings. The van der Waals surface area contributed by atoms with Crippen LogP contribution in [0.4, 0.5) is 0 Å². The van der Waals surface area contributed by atoms with Gasteiger partial charge in [0, 0.05) is 6.26 Å². The number of sulfone groups is 1. The minimum absolute atomic E-state index is 0.152. The molecule has 1 saturated heterocycles. The van der Waals surface area contributed by atoms with Crippen LogP contribution in [0, 0.1) is 6.92 Å². The molecule has 0 amide bonds. The van der Waals surface area contributed by atoms with Crippen molar-refractivity contribution < 1.29 is 17.7 Å². The lowest BCUT2D eigenvalue weighted by Crippen LogP contribution is -2.41. The first-order chi connectivity index (χ1) is 9.90. The molecule has 0 N–H and O–H groups in total. The maximum absolute atomic E-state index is 11.4. The third kappa shape index (κ3) is 3.92. The van der Waals surface area contributed by atoms with Crippen LogP contribution in [0.3, 0.4) is 0 Å². The molecule has 1 aliphatic heterocycles. The largest absolute Gasteiger partial charge is 0.494 e. The Bertz CT molecular complexity index is 649. The van der Waals surface area contributed by atoms with Gasteiger partial charge in [0.15, 0.2) is 0 Å². The fourth-order valence-electron chi connectivity index (χ4n) is 2.46. The molecule has 6 heteroatoms. The second kappa shape index (κ2) is 5.66. The summed E-state index contributed by atoms with van der Waals surface area (Å²) in [7, 11) is -3.38. The molecule has 0 saturated carbocycles. The highest BCUT2D eigenvalue weighted by atomic mass is 32.2. The van der Waals surface area contributed by atoms with Gasteiger partial charge in [0.2, 0.25) is 0 Å². The SMILES string of the molecule is Cc1cc(CCS(C)(=O)=O)cc(B2OC(C)(C)C(C)(C)O2)c1. The number of hydrogen-bond acceptors (Lipinski definition) is 4. The molecule has 1 aromatic carbocycles. The monoisotopic (exact) mass is 324 g/mol. The van der Waals surface area contributed by atoms with Crippen LogP contribution in [0.1, 0.15) is 38.8 Å². The number of hydrogen-bond donors (Lipinski definition) is 0. The predicted molar refractivity (Wildman–Crippen MR) is 90.3 cm³/mol. The van der Waals surface area contributed by atoms with Crippen LogP contribution in [-0.2, 0) is 25.6 Å². The third-order valence-electron chi connectivity index (χ3n) is 4.45. The summed E-state index contributed by atoms with van der Waals surface area (Å²) in [6, 6.07) is 6.03. The van der Waals surface area contributed by atoms with Crippen LogP contribution in [0.2, 0.25) is 0 Å². The van der Waals surface area contributed by atoms with E-state index in [9.17, 15) is 8.42 Å². The Hall–Kier alpha value is -0.845. The molecule has 1 heterocycles. The smallest absolute Gasteiger partial charge is 0.399 e. The van der Waals surface area contributed by atoms with E-state index in [0.29, 0.717) is 6.42 Å². The van der Waals surface area contributed by atoms with Crippen molar-refractivity contribution >= 4 is 22.4 Å². The summed E-state index contributed by atoms with van der Waals surface area (Å²) in [4.78, 5) is 0. The summed E-state index contributed by atoms with van der Waals surface area (Å²) in [6.07, 6.45) is 1.77. The Morgan fingerprint density at radius 3 is 2.09 bits per heavy atom. The van der Waals surface area contributed by atoms with Crippen LogP contribution in [-0.4, -0.2) is 38.7 Å². The van der Waals surface area contributed by atoms with E-state index in [0.717, 1.165) is 16.6 Å². The van der Waals surface area contributed by atoms with Crippen LogP contribution >= 0.6 is 0 Å². The summed E-state index contributed by atoms with van der Waals surface area (Å²) in [5.41, 5.74) is 2.26. The summed E-state index contributed by atoms with van der Waals surface area (Å²) in [5.74, 6) is 0.152. The van der Waals surface area contributed by atoms with Crippen molar-refractivity contribution in [2.24, 2.45) is 0 Å². The second-order valence-corrected chi connectivity index (χ2v) is 9.48. The Labute approximate surface area is 134 Å². The fourth-order valence-corrected chi connectivity index (χ4v) is 3.06. The van der Waals surface area contributed by atoms with Crippen molar-refractivity contribution in [3.8, 4) is 0 Å². The van der Waals surface area contributed by atoms with Gasteiger partial charge in [0.1, 0.15) is 9.84 Å². The second-order valence-electron chi connectivity index (χ2n) is 7.22. The van der Waals surface area contributed by atoms with Gasteiger partial charge in [-0.25, -0.2) is 8.42 Å². The van der Waals surface area contributed by atoms with Gasteiger partial charge >= 0.3 is 7.12 Å². The molecule has 1 aliphatic rings. The Morgan fingerprint density at radius 2 is 1.59 bits per heavy atom. The molecule has 0 atom stereocenters. The molecule has 2 rings (SSSR count). The van der Waals surface area contributed by atoms with E-state index in [1.165, 1.54) is 6.26 Å². The fraction of sp³-hybridized carbons (Fsp3) is 0.625. The van der Waals surface area contributed by atoms with Gasteiger partial charge < -0.3 is 9.31 Å². The maximum Gasteiger partial charge on any atom is 0.494 e. The molecule has 0 aromatic heterocycles. The number of aryl methyl sites for hydroxylation is 2. The van der Waals surface area contributed by atoms with Crippen molar-refractivity contribution in [3.05, 3.63) is 29.3 Å². The van der Waals surface area contributed by atoms with Crippen LogP contribution in [0.15, 0.2) is 18.2 Å². The van der Waals surface area contributed by atoms with Crippen molar-refractivity contribution in [2.45, 2.75) is 52.2 Å². The first-order valence-corrected chi connectivity index (χ1v) is 9.59. The zero-order valence-corrected chi connectivity index (χ0v) is 15.1. The zero-order valence-electron chi connectivity index (χ0n) is 14.3. The highest BCUT2D eigenvalue weighted by Crippen LogP contribution is 2.36. The van der Waals surface area contributed by atoms with Gasteiger partial charge in [-0.15, -0.1) is 0 Å². The van der Waals surface area contributed by atoms with Gasteiger partial charge in [-0.3, -0.25) is 0 Å².